The highest BCUT2D eigenvalue weighted by Crippen LogP contribution is 2.21. The molecule has 1 unspecified atom stereocenters. The summed E-state index contributed by atoms with van der Waals surface area (Å²) < 4.78 is 0.456. The largest absolute Gasteiger partial charge is 0.388 e. The minimum atomic E-state index is -0.984. The highest BCUT2D eigenvalue weighted by atomic mass is 79.9. The summed E-state index contributed by atoms with van der Waals surface area (Å²) in [4.78, 5) is 22.1. The third-order valence-electron chi connectivity index (χ3n) is 2.77. The average Bonchev–Trinajstić information content (AvgIpc) is 2.35. The highest BCUT2D eigenvalue weighted by Gasteiger charge is 2.21. The third-order valence-corrected chi connectivity index (χ3v) is 3.23. The Labute approximate surface area is 125 Å². The molecular weight excluding hydrogens is 328 g/mol. The minimum absolute atomic E-state index is 0.0972. The first-order valence-electron chi connectivity index (χ1n) is 6.21. The van der Waals surface area contributed by atoms with Gasteiger partial charge in [-0.15, -0.1) is 0 Å². The Morgan fingerprint density at radius 2 is 2.15 bits per heavy atom. The number of nitro benzene ring substituents is 1. The number of carbonyl (C=O) groups is 1. The van der Waals surface area contributed by atoms with Crippen molar-refractivity contribution in [1.82, 2.24) is 5.32 Å². The molecule has 0 saturated heterocycles. The maximum absolute atomic E-state index is 12.0. The molecule has 1 aromatic carbocycles. The van der Waals surface area contributed by atoms with Crippen LogP contribution in [0, 0.1) is 10.1 Å². The van der Waals surface area contributed by atoms with Crippen LogP contribution in [0.1, 0.15) is 37.0 Å². The van der Waals surface area contributed by atoms with Crippen molar-refractivity contribution >= 4 is 27.5 Å². The van der Waals surface area contributed by atoms with Gasteiger partial charge >= 0.3 is 0 Å². The second kappa shape index (κ2) is 6.81. The molecule has 0 saturated carbocycles. The molecule has 0 fully saturated rings. The molecule has 110 valence electrons. The van der Waals surface area contributed by atoms with Crippen LogP contribution in [-0.2, 0) is 0 Å². The van der Waals surface area contributed by atoms with Gasteiger partial charge in [-0.2, -0.15) is 0 Å². The first-order chi connectivity index (χ1) is 9.25. The van der Waals surface area contributed by atoms with Crippen molar-refractivity contribution < 1.29 is 14.8 Å². The number of benzene rings is 1. The molecule has 0 spiro atoms. The van der Waals surface area contributed by atoms with Crippen LogP contribution in [0.25, 0.3) is 0 Å². The van der Waals surface area contributed by atoms with Gasteiger partial charge in [0.2, 0.25) is 0 Å². The summed E-state index contributed by atoms with van der Waals surface area (Å²) in [6, 6.07) is 4.02. The van der Waals surface area contributed by atoms with Crippen LogP contribution in [0.15, 0.2) is 22.7 Å². The van der Waals surface area contributed by atoms with Crippen molar-refractivity contribution in [1.29, 1.82) is 0 Å². The average molecular weight is 345 g/mol. The predicted molar refractivity (Wildman–Crippen MR) is 78.7 cm³/mol. The van der Waals surface area contributed by atoms with Crippen molar-refractivity contribution in [2.24, 2.45) is 0 Å². The molecular formula is C13H17BrN2O4. The lowest BCUT2D eigenvalue weighted by molar-refractivity contribution is -0.385. The van der Waals surface area contributed by atoms with E-state index in [0.29, 0.717) is 10.9 Å². The smallest absolute Gasteiger partial charge is 0.271 e. The van der Waals surface area contributed by atoms with Crippen LogP contribution in [-0.4, -0.2) is 28.1 Å². The number of rotatable bonds is 6. The molecule has 0 aliphatic heterocycles. The Morgan fingerprint density at radius 3 is 2.70 bits per heavy atom. The molecule has 20 heavy (non-hydrogen) atoms. The predicted octanol–water partition coefficient (Wildman–Crippen LogP) is 2.64. The standard InChI is InChI=1S/C13H17BrN2O4/c1-3-4-13(2,18)8-15-12(17)9-5-10(14)7-11(6-9)16(19)20/h5-7,18H,3-4,8H2,1-2H3,(H,15,17). The van der Waals surface area contributed by atoms with Gasteiger partial charge in [0.25, 0.3) is 11.6 Å². The van der Waals surface area contributed by atoms with Crippen LogP contribution >= 0.6 is 15.9 Å². The normalized spacial score (nSPS) is 13.6. The van der Waals surface area contributed by atoms with E-state index in [-0.39, 0.29) is 17.8 Å². The molecule has 0 radical (unpaired) electrons. The lowest BCUT2D eigenvalue weighted by Gasteiger charge is -2.22. The van der Waals surface area contributed by atoms with Gasteiger partial charge in [0, 0.05) is 28.7 Å². The zero-order valence-electron chi connectivity index (χ0n) is 11.4. The van der Waals surface area contributed by atoms with Gasteiger partial charge < -0.3 is 10.4 Å². The van der Waals surface area contributed by atoms with E-state index in [1.54, 1.807) is 6.92 Å². The van der Waals surface area contributed by atoms with Crippen molar-refractivity contribution in [2.75, 3.05) is 6.54 Å². The Hall–Kier alpha value is -1.47. The number of non-ortho nitro benzene ring substituents is 1. The van der Waals surface area contributed by atoms with Gasteiger partial charge in [0.1, 0.15) is 0 Å². The Morgan fingerprint density at radius 1 is 1.50 bits per heavy atom. The van der Waals surface area contributed by atoms with Crippen molar-refractivity contribution in [3.8, 4) is 0 Å². The number of nitro groups is 1. The van der Waals surface area contributed by atoms with Crippen LogP contribution in [0.4, 0.5) is 5.69 Å². The van der Waals surface area contributed by atoms with Gasteiger partial charge in [-0.1, -0.05) is 29.3 Å². The van der Waals surface area contributed by atoms with Gasteiger partial charge in [0.15, 0.2) is 0 Å². The van der Waals surface area contributed by atoms with E-state index in [0.717, 1.165) is 6.42 Å². The SMILES string of the molecule is CCCC(C)(O)CNC(=O)c1cc(Br)cc([N+](=O)[O-])c1. The molecule has 1 atom stereocenters. The number of halogens is 1. The van der Waals surface area contributed by atoms with Crippen LogP contribution in [0.2, 0.25) is 0 Å². The van der Waals surface area contributed by atoms with E-state index in [9.17, 15) is 20.0 Å². The lowest BCUT2D eigenvalue weighted by atomic mass is 10.0. The second-order valence-electron chi connectivity index (χ2n) is 4.88. The summed E-state index contributed by atoms with van der Waals surface area (Å²) in [5, 5.41) is 23.3. The van der Waals surface area contributed by atoms with E-state index in [2.05, 4.69) is 21.2 Å². The molecule has 0 aromatic heterocycles. The Balaban J connectivity index is 2.80. The van der Waals surface area contributed by atoms with Gasteiger partial charge in [-0.05, 0) is 19.4 Å². The molecule has 0 aliphatic carbocycles. The molecule has 1 rings (SSSR count). The number of carbonyl (C=O) groups excluding carboxylic acids is 1. The van der Waals surface area contributed by atoms with E-state index < -0.39 is 16.4 Å². The zero-order valence-corrected chi connectivity index (χ0v) is 12.9. The summed E-state index contributed by atoms with van der Waals surface area (Å²) in [5.74, 6) is -0.453. The molecule has 2 N–H and O–H groups in total. The number of aliphatic hydroxyl groups is 1. The fourth-order valence-corrected chi connectivity index (χ4v) is 2.29. The molecule has 0 heterocycles. The molecule has 7 heteroatoms. The van der Waals surface area contributed by atoms with Gasteiger partial charge in [-0.25, -0.2) is 0 Å². The number of amides is 1. The third kappa shape index (κ3) is 4.90. The van der Waals surface area contributed by atoms with Crippen LogP contribution in [0.3, 0.4) is 0 Å². The molecule has 0 bridgehead atoms. The second-order valence-corrected chi connectivity index (χ2v) is 5.80. The first kappa shape index (κ1) is 16.6. The molecule has 1 aromatic rings. The van der Waals surface area contributed by atoms with Gasteiger partial charge in [0.05, 0.1) is 10.5 Å². The Bertz CT molecular complexity index is 517. The van der Waals surface area contributed by atoms with Crippen LogP contribution < -0.4 is 5.32 Å². The topological polar surface area (TPSA) is 92.5 Å². The maximum Gasteiger partial charge on any atom is 0.271 e. The van der Waals surface area contributed by atoms with E-state index in [1.807, 2.05) is 6.92 Å². The fourth-order valence-electron chi connectivity index (χ4n) is 1.81. The monoisotopic (exact) mass is 344 g/mol. The molecule has 1 amide bonds. The minimum Gasteiger partial charge on any atom is -0.388 e. The summed E-state index contributed by atoms with van der Waals surface area (Å²) in [6.45, 7) is 3.67. The van der Waals surface area contributed by atoms with E-state index in [4.69, 9.17) is 0 Å². The number of hydrogen-bond acceptors (Lipinski definition) is 4. The molecule has 0 aliphatic rings. The van der Waals surface area contributed by atoms with Gasteiger partial charge in [-0.3, -0.25) is 14.9 Å². The van der Waals surface area contributed by atoms with E-state index in [1.165, 1.54) is 18.2 Å². The van der Waals surface area contributed by atoms with E-state index >= 15 is 0 Å². The van der Waals surface area contributed by atoms with Crippen molar-refractivity contribution in [2.45, 2.75) is 32.3 Å². The lowest BCUT2D eigenvalue weighted by Crippen LogP contribution is -2.40. The summed E-state index contributed by atoms with van der Waals surface area (Å²) >= 11 is 3.13. The summed E-state index contributed by atoms with van der Waals surface area (Å²) in [5.41, 5.74) is -0.967. The number of hydrogen-bond donors (Lipinski definition) is 2. The quantitative estimate of drug-likeness (QED) is 0.612. The fraction of sp³-hybridized carbons (Fsp3) is 0.462. The van der Waals surface area contributed by atoms with Crippen LogP contribution in [0.5, 0.6) is 0 Å². The van der Waals surface area contributed by atoms with Crippen molar-refractivity contribution in [3.05, 3.63) is 38.3 Å². The van der Waals surface area contributed by atoms with Crippen molar-refractivity contribution in [3.63, 3.8) is 0 Å². The first-order valence-corrected chi connectivity index (χ1v) is 7.00. The summed E-state index contributed by atoms with van der Waals surface area (Å²) in [7, 11) is 0. The number of nitrogens with one attached hydrogen (secondary N) is 1. The summed E-state index contributed by atoms with van der Waals surface area (Å²) in [6.07, 6.45) is 1.36. The molecule has 6 nitrogen and oxygen atoms in total. The maximum atomic E-state index is 12.0. The zero-order chi connectivity index (χ0) is 15.3. The number of nitrogens with zero attached hydrogens (tertiary/aromatic N) is 1. The Kier molecular flexibility index (Phi) is 5.64. The highest BCUT2D eigenvalue weighted by molar-refractivity contribution is 9.10.